The van der Waals surface area contributed by atoms with Crippen LogP contribution in [0.2, 0.25) is 0 Å². The number of aliphatic hydroxyl groups is 1. The molecule has 1 N–H and O–H groups in total. The molecule has 0 radical (unpaired) electrons. The van der Waals surface area contributed by atoms with E-state index >= 15 is 0 Å². The normalized spacial score (nSPS) is 27.0. The van der Waals surface area contributed by atoms with Crippen molar-refractivity contribution in [3.63, 3.8) is 0 Å². The Morgan fingerprint density at radius 2 is 2.00 bits per heavy atom. The van der Waals surface area contributed by atoms with Crippen molar-refractivity contribution in [1.82, 2.24) is 9.21 Å². The highest BCUT2D eigenvalue weighted by molar-refractivity contribution is 7.88. The van der Waals surface area contributed by atoms with Gasteiger partial charge in [0.25, 0.3) is 0 Å². The van der Waals surface area contributed by atoms with Crippen molar-refractivity contribution in [3.8, 4) is 0 Å². The molecular formula is C11H20N2O4S. The Balaban J connectivity index is 2.03. The molecule has 0 aromatic carbocycles. The second-order valence-electron chi connectivity index (χ2n) is 5.18. The first-order valence-corrected chi connectivity index (χ1v) is 8.14. The van der Waals surface area contributed by atoms with E-state index in [0.29, 0.717) is 26.1 Å². The van der Waals surface area contributed by atoms with Crippen LogP contribution in [-0.4, -0.2) is 67.2 Å². The zero-order valence-electron chi connectivity index (χ0n) is 10.6. The van der Waals surface area contributed by atoms with Crippen molar-refractivity contribution in [2.75, 3.05) is 32.5 Å². The minimum atomic E-state index is -3.32. The summed E-state index contributed by atoms with van der Waals surface area (Å²) >= 11 is 0. The van der Waals surface area contributed by atoms with Crippen LogP contribution >= 0.6 is 0 Å². The zero-order chi connectivity index (χ0) is 13.3. The smallest absolute Gasteiger partial charge is 0.241 e. The molecule has 2 saturated heterocycles. The summed E-state index contributed by atoms with van der Waals surface area (Å²) in [4.78, 5) is 13.9. The molecule has 7 heteroatoms. The quantitative estimate of drug-likeness (QED) is 0.736. The van der Waals surface area contributed by atoms with E-state index in [1.807, 2.05) is 0 Å². The zero-order valence-corrected chi connectivity index (χ0v) is 11.4. The number of piperidine rings is 1. The Hall–Kier alpha value is -0.660. The molecule has 0 spiro atoms. The summed E-state index contributed by atoms with van der Waals surface area (Å²) in [5.74, 6) is 0.0500. The fourth-order valence-electron chi connectivity index (χ4n) is 2.62. The highest BCUT2D eigenvalue weighted by Gasteiger charge is 2.40. The molecule has 2 aliphatic heterocycles. The van der Waals surface area contributed by atoms with E-state index in [4.69, 9.17) is 5.11 Å². The van der Waals surface area contributed by atoms with Crippen molar-refractivity contribution in [2.45, 2.75) is 25.3 Å². The highest BCUT2D eigenvalue weighted by Crippen LogP contribution is 2.24. The molecule has 104 valence electrons. The average molecular weight is 276 g/mol. The summed E-state index contributed by atoms with van der Waals surface area (Å²) in [6.45, 7) is 1.61. The van der Waals surface area contributed by atoms with Crippen molar-refractivity contribution < 1.29 is 18.3 Å². The van der Waals surface area contributed by atoms with Crippen LogP contribution < -0.4 is 0 Å². The molecular weight excluding hydrogens is 256 g/mol. The predicted octanol–water partition coefficient (Wildman–Crippen LogP) is -0.749. The van der Waals surface area contributed by atoms with Crippen LogP contribution in [0.15, 0.2) is 0 Å². The fourth-order valence-corrected chi connectivity index (χ4v) is 3.74. The van der Waals surface area contributed by atoms with Crippen LogP contribution in [0, 0.1) is 5.92 Å². The van der Waals surface area contributed by atoms with Gasteiger partial charge in [-0.05, 0) is 12.8 Å². The maximum Gasteiger partial charge on any atom is 0.241 e. The summed E-state index contributed by atoms with van der Waals surface area (Å²) in [5, 5.41) is 8.93. The van der Waals surface area contributed by atoms with Crippen molar-refractivity contribution in [3.05, 3.63) is 0 Å². The number of rotatable bonds is 3. The lowest BCUT2D eigenvalue weighted by Gasteiger charge is -2.43. The lowest BCUT2D eigenvalue weighted by atomic mass is 9.97. The van der Waals surface area contributed by atoms with Crippen LogP contribution in [0.25, 0.3) is 0 Å². The number of aliphatic hydroxyl groups excluding tert-OH is 1. The molecule has 1 unspecified atom stereocenters. The molecule has 2 fully saturated rings. The van der Waals surface area contributed by atoms with Gasteiger partial charge in [0.2, 0.25) is 15.9 Å². The number of hydrogen-bond acceptors (Lipinski definition) is 4. The molecule has 2 heterocycles. The van der Waals surface area contributed by atoms with Crippen LogP contribution in [0.4, 0.5) is 0 Å². The first-order chi connectivity index (χ1) is 8.43. The molecule has 2 rings (SSSR count). The van der Waals surface area contributed by atoms with Gasteiger partial charge in [-0.3, -0.25) is 4.79 Å². The lowest BCUT2D eigenvalue weighted by Crippen LogP contribution is -2.59. The SMILES string of the molecule is CS(=O)(=O)N1CCCCC1C(=O)N1CC(CO)C1. The van der Waals surface area contributed by atoms with Gasteiger partial charge in [-0.15, -0.1) is 0 Å². The highest BCUT2D eigenvalue weighted by atomic mass is 32.2. The number of carbonyl (C=O) groups excluding carboxylic acids is 1. The fraction of sp³-hybridized carbons (Fsp3) is 0.909. The second-order valence-corrected chi connectivity index (χ2v) is 7.11. The average Bonchev–Trinajstić information content (AvgIpc) is 2.26. The van der Waals surface area contributed by atoms with Crippen molar-refractivity contribution in [1.29, 1.82) is 0 Å². The molecule has 18 heavy (non-hydrogen) atoms. The predicted molar refractivity (Wildman–Crippen MR) is 66.3 cm³/mol. The summed E-state index contributed by atoms with van der Waals surface area (Å²) in [6, 6.07) is -0.534. The van der Waals surface area contributed by atoms with Crippen molar-refractivity contribution in [2.24, 2.45) is 5.92 Å². The van der Waals surface area contributed by atoms with Gasteiger partial charge >= 0.3 is 0 Å². The van der Waals surface area contributed by atoms with E-state index in [9.17, 15) is 13.2 Å². The molecule has 2 aliphatic rings. The van der Waals surface area contributed by atoms with E-state index in [0.717, 1.165) is 19.1 Å². The lowest BCUT2D eigenvalue weighted by molar-refractivity contribution is -0.143. The maximum absolute atomic E-state index is 12.2. The third kappa shape index (κ3) is 2.67. The molecule has 1 amide bonds. The Morgan fingerprint density at radius 1 is 1.33 bits per heavy atom. The molecule has 0 saturated carbocycles. The van der Waals surface area contributed by atoms with Gasteiger partial charge in [0, 0.05) is 32.2 Å². The third-order valence-corrected chi connectivity index (χ3v) is 4.98. The number of likely N-dealkylation sites (tertiary alicyclic amines) is 1. The molecule has 0 aromatic rings. The minimum absolute atomic E-state index is 0.0875. The first-order valence-electron chi connectivity index (χ1n) is 6.30. The molecule has 1 atom stereocenters. The molecule has 0 aliphatic carbocycles. The first kappa shape index (κ1) is 13.8. The van der Waals surface area contributed by atoms with Crippen LogP contribution in [-0.2, 0) is 14.8 Å². The summed E-state index contributed by atoms with van der Waals surface area (Å²) in [7, 11) is -3.32. The van der Waals surface area contributed by atoms with Gasteiger partial charge in [0.05, 0.1) is 6.26 Å². The Morgan fingerprint density at radius 3 is 2.56 bits per heavy atom. The van der Waals surface area contributed by atoms with Crippen LogP contribution in [0.5, 0.6) is 0 Å². The van der Waals surface area contributed by atoms with E-state index in [1.54, 1.807) is 4.90 Å². The van der Waals surface area contributed by atoms with Crippen LogP contribution in [0.3, 0.4) is 0 Å². The molecule has 6 nitrogen and oxygen atoms in total. The van der Waals surface area contributed by atoms with Gasteiger partial charge < -0.3 is 10.0 Å². The Labute approximate surface area is 108 Å². The van der Waals surface area contributed by atoms with Gasteiger partial charge in [-0.2, -0.15) is 4.31 Å². The van der Waals surface area contributed by atoms with E-state index in [1.165, 1.54) is 4.31 Å². The van der Waals surface area contributed by atoms with Crippen molar-refractivity contribution >= 4 is 15.9 Å². The maximum atomic E-state index is 12.2. The molecule has 0 bridgehead atoms. The standard InChI is InChI=1S/C11H20N2O4S/c1-18(16,17)13-5-3-2-4-10(13)11(15)12-6-9(7-12)8-14/h9-10,14H,2-8H2,1H3. The number of carbonyl (C=O) groups is 1. The van der Waals surface area contributed by atoms with E-state index in [-0.39, 0.29) is 18.4 Å². The van der Waals surface area contributed by atoms with Gasteiger partial charge in [0.15, 0.2) is 0 Å². The van der Waals surface area contributed by atoms with Gasteiger partial charge in [-0.1, -0.05) is 6.42 Å². The molecule has 0 aromatic heterocycles. The van der Waals surface area contributed by atoms with Gasteiger partial charge in [0.1, 0.15) is 6.04 Å². The largest absolute Gasteiger partial charge is 0.396 e. The monoisotopic (exact) mass is 276 g/mol. The number of hydrogen-bond donors (Lipinski definition) is 1. The second kappa shape index (κ2) is 5.14. The topological polar surface area (TPSA) is 77.9 Å². The number of sulfonamides is 1. The number of amides is 1. The van der Waals surface area contributed by atoms with E-state index in [2.05, 4.69) is 0 Å². The minimum Gasteiger partial charge on any atom is -0.396 e. The summed E-state index contributed by atoms with van der Waals surface area (Å²) in [5.41, 5.74) is 0. The van der Waals surface area contributed by atoms with Crippen LogP contribution in [0.1, 0.15) is 19.3 Å². The van der Waals surface area contributed by atoms with Gasteiger partial charge in [-0.25, -0.2) is 8.42 Å². The Bertz CT molecular complexity index is 417. The third-order valence-electron chi connectivity index (χ3n) is 3.69. The number of nitrogens with zero attached hydrogens (tertiary/aromatic N) is 2. The Kier molecular flexibility index (Phi) is 3.93. The van der Waals surface area contributed by atoms with E-state index < -0.39 is 16.1 Å². The summed E-state index contributed by atoms with van der Waals surface area (Å²) < 4.78 is 24.7. The summed E-state index contributed by atoms with van der Waals surface area (Å²) in [6.07, 6.45) is 3.47.